The molecule has 0 saturated carbocycles. The molecule has 3 rings (SSSR count). The van der Waals surface area contributed by atoms with Gasteiger partial charge in [0, 0.05) is 5.02 Å². The van der Waals surface area contributed by atoms with Gasteiger partial charge in [-0.05, 0) is 18.2 Å². The lowest BCUT2D eigenvalue weighted by Gasteiger charge is -2.05. The second-order valence-corrected chi connectivity index (χ2v) is 7.08. The summed E-state index contributed by atoms with van der Waals surface area (Å²) in [6.07, 6.45) is 1.46. The highest BCUT2D eigenvalue weighted by Gasteiger charge is 2.15. The van der Waals surface area contributed by atoms with Gasteiger partial charge in [0.1, 0.15) is 11.3 Å². The van der Waals surface area contributed by atoms with Crippen LogP contribution in [-0.4, -0.2) is 28.2 Å². The number of halogens is 1. The van der Waals surface area contributed by atoms with Gasteiger partial charge in [0.15, 0.2) is 0 Å². The van der Waals surface area contributed by atoms with Gasteiger partial charge in [0.25, 0.3) is 0 Å². The highest BCUT2D eigenvalue weighted by atomic mass is 35.5. The molecular formula is C10H8ClN5O2S2. The van der Waals surface area contributed by atoms with Gasteiger partial charge < -0.3 is 0 Å². The van der Waals surface area contributed by atoms with Crippen molar-refractivity contribution in [2.24, 2.45) is 0 Å². The topological polar surface area (TPSA) is 89.2 Å². The first-order valence-corrected chi connectivity index (χ1v) is 8.13. The number of nitrogens with zero attached hydrogens (tertiary/aromatic N) is 4. The molecule has 0 atom stereocenters. The van der Waals surface area contributed by atoms with Crippen LogP contribution < -0.4 is 4.72 Å². The minimum atomic E-state index is -3.61. The lowest BCUT2D eigenvalue weighted by Crippen LogP contribution is -2.23. The normalized spacial score (nSPS) is 12.1. The molecule has 3 aromatic rings. The van der Waals surface area contributed by atoms with Gasteiger partial charge in [0.2, 0.25) is 15.0 Å². The Labute approximate surface area is 123 Å². The van der Waals surface area contributed by atoms with Crippen molar-refractivity contribution in [1.82, 2.24) is 24.5 Å². The number of aromatic nitrogens is 4. The van der Waals surface area contributed by atoms with Gasteiger partial charge in [0.05, 0.1) is 11.4 Å². The van der Waals surface area contributed by atoms with Crippen molar-refractivity contribution in [2.45, 2.75) is 11.4 Å². The summed E-state index contributed by atoms with van der Waals surface area (Å²) in [6.45, 7) is 0.0862. The average molecular weight is 330 g/mol. The average Bonchev–Trinajstić information content (AvgIpc) is 2.97. The number of benzene rings is 1. The first kappa shape index (κ1) is 13.4. The molecular weight excluding hydrogens is 322 g/mol. The molecule has 0 aliphatic rings. The van der Waals surface area contributed by atoms with E-state index in [2.05, 4.69) is 20.0 Å². The second kappa shape index (κ2) is 5.09. The highest BCUT2D eigenvalue weighted by molar-refractivity contribution is 7.89. The van der Waals surface area contributed by atoms with Crippen LogP contribution in [0, 0.1) is 0 Å². The molecule has 2 aromatic heterocycles. The maximum atomic E-state index is 12.1. The molecule has 104 valence electrons. The van der Waals surface area contributed by atoms with E-state index >= 15 is 0 Å². The second-order valence-electron chi connectivity index (χ2n) is 3.84. The third-order valence-corrected chi connectivity index (χ3v) is 5.00. The van der Waals surface area contributed by atoms with E-state index in [4.69, 9.17) is 11.6 Å². The number of nitrogens with one attached hydrogen (secondary N) is 1. The summed E-state index contributed by atoms with van der Waals surface area (Å²) in [5.41, 5.74) is 0. The Kier molecular flexibility index (Phi) is 3.42. The van der Waals surface area contributed by atoms with E-state index in [-0.39, 0.29) is 11.4 Å². The van der Waals surface area contributed by atoms with Crippen molar-refractivity contribution in [3.63, 3.8) is 0 Å². The summed E-state index contributed by atoms with van der Waals surface area (Å²) >= 11 is 7.05. The molecule has 2 heterocycles. The first-order chi connectivity index (χ1) is 9.54. The fraction of sp³-hybridized carbons (Fsp3) is 0.100. The Hall–Kier alpha value is -1.55. The molecule has 1 aromatic carbocycles. The number of hydrogen-bond acceptors (Lipinski definition) is 6. The molecule has 7 nitrogen and oxygen atoms in total. The zero-order valence-corrected chi connectivity index (χ0v) is 12.3. The third kappa shape index (κ3) is 2.66. The van der Waals surface area contributed by atoms with Crippen molar-refractivity contribution in [2.75, 3.05) is 0 Å². The molecule has 0 amide bonds. The van der Waals surface area contributed by atoms with Crippen LogP contribution in [0.25, 0.3) is 4.96 Å². The van der Waals surface area contributed by atoms with Gasteiger partial charge >= 0.3 is 0 Å². The van der Waals surface area contributed by atoms with E-state index in [1.807, 2.05) is 0 Å². The van der Waals surface area contributed by atoms with Gasteiger partial charge in [-0.25, -0.2) is 13.1 Å². The van der Waals surface area contributed by atoms with Crippen molar-refractivity contribution in [1.29, 1.82) is 0 Å². The summed E-state index contributed by atoms with van der Waals surface area (Å²) in [5, 5.41) is 12.6. The maximum Gasteiger partial charge on any atom is 0.241 e. The summed E-state index contributed by atoms with van der Waals surface area (Å²) in [7, 11) is -3.61. The van der Waals surface area contributed by atoms with Gasteiger partial charge in [-0.15, -0.1) is 10.2 Å². The van der Waals surface area contributed by atoms with Crippen LogP contribution >= 0.6 is 22.9 Å². The van der Waals surface area contributed by atoms with Crippen LogP contribution in [0.15, 0.2) is 35.5 Å². The van der Waals surface area contributed by atoms with Crippen LogP contribution in [0.4, 0.5) is 0 Å². The number of hydrogen-bond donors (Lipinski definition) is 1. The SMILES string of the molecule is O=S(=O)(NCc1nn2cnnc2s1)c1cccc(Cl)c1. The van der Waals surface area contributed by atoms with Crippen LogP contribution in [0.5, 0.6) is 0 Å². The predicted octanol–water partition coefficient (Wildman–Crippen LogP) is 1.32. The molecule has 0 radical (unpaired) electrons. The maximum absolute atomic E-state index is 12.1. The molecule has 0 unspecified atom stereocenters. The van der Waals surface area contributed by atoms with E-state index in [0.29, 0.717) is 15.0 Å². The lowest BCUT2D eigenvalue weighted by molar-refractivity contribution is 0.580. The van der Waals surface area contributed by atoms with Crippen LogP contribution in [0.1, 0.15) is 5.01 Å². The Morgan fingerprint density at radius 1 is 1.40 bits per heavy atom. The van der Waals surface area contributed by atoms with Crippen LogP contribution in [-0.2, 0) is 16.6 Å². The Morgan fingerprint density at radius 2 is 2.25 bits per heavy atom. The van der Waals surface area contributed by atoms with E-state index in [1.165, 1.54) is 34.3 Å². The van der Waals surface area contributed by atoms with Gasteiger partial charge in [-0.3, -0.25) is 0 Å². The zero-order chi connectivity index (χ0) is 14.2. The smallest absolute Gasteiger partial charge is 0.207 e. The Morgan fingerprint density at radius 3 is 3.00 bits per heavy atom. The number of fused-ring (bicyclic) bond motifs is 1. The third-order valence-electron chi connectivity index (χ3n) is 2.45. The molecule has 0 fully saturated rings. The van der Waals surface area contributed by atoms with Gasteiger partial charge in [-0.2, -0.15) is 9.61 Å². The fourth-order valence-corrected chi connectivity index (χ4v) is 3.68. The highest BCUT2D eigenvalue weighted by Crippen LogP contribution is 2.16. The molecule has 0 spiro atoms. The fourth-order valence-electron chi connectivity index (χ4n) is 1.55. The van der Waals surface area contributed by atoms with E-state index in [0.717, 1.165) is 0 Å². The first-order valence-electron chi connectivity index (χ1n) is 5.45. The molecule has 20 heavy (non-hydrogen) atoms. The molecule has 1 N–H and O–H groups in total. The van der Waals surface area contributed by atoms with Crippen molar-refractivity contribution in [3.05, 3.63) is 40.6 Å². The largest absolute Gasteiger partial charge is 0.241 e. The molecule has 0 bridgehead atoms. The van der Waals surface area contributed by atoms with Gasteiger partial charge in [-0.1, -0.05) is 29.0 Å². The molecule has 10 heteroatoms. The Bertz CT molecular complexity index is 829. The Balaban J connectivity index is 1.78. The summed E-state index contributed by atoms with van der Waals surface area (Å²) in [6, 6.07) is 6.07. The van der Waals surface area contributed by atoms with Crippen LogP contribution in [0.2, 0.25) is 5.02 Å². The summed E-state index contributed by atoms with van der Waals surface area (Å²) in [4.78, 5) is 0.731. The van der Waals surface area contributed by atoms with E-state index < -0.39 is 10.0 Å². The molecule has 0 aliphatic carbocycles. The molecule has 0 aliphatic heterocycles. The van der Waals surface area contributed by atoms with Crippen molar-refractivity contribution < 1.29 is 8.42 Å². The quantitative estimate of drug-likeness (QED) is 0.779. The predicted molar refractivity (Wildman–Crippen MR) is 74.1 cm³/mol. The standard InChI is InChI=1S/C10H8ClN5O2S2/c11-7-2-1-3-8(4-7)20(17,18)13-5-9-15-16-6-12-14-10(16)19-9/h1-4,6,13H,5H2. The minimum Gasteiger partial charge on any atom is -0.207 e. The number of sulfonamides is 1. The lowest BCUT2D eigenvalue weighted by atomic mass is 10.4. The van der Waals surface area contributed by atoms with E-state index in [9.17, 15) is 8.42 Å². The van der Waals surface area contributed by atoms with Crippen LogP contribution in [0.3, 0.4) is 0 Å². The molecule has 0 saturated heterocycles. The van der Waals surface area contributed by atoms with E-state index in [1.54, 1.807) is 12.1 Å². The summed E-state index contributed by atoms with van der Waals surface area (Å²) in [5.74, 6) is 0. The minimum absolute atomic E-state index is 0.0862. The number of rotatable bonds is 4. The van der Waals surface area contributed by atoms with Crippen molar-refractivity contribution in [3.8, 4) is 0 Å². The monoisotopic (exact) mass is 329 g/mol. The van der Waals surface area contributed by atoms with Crippen molar-refractivity contribution >= 4 is 37.9 Å². The summed E-state index contributed by atoms with van der Waals surface area (Å²) < 4.78 is 28.1. The zero-order valence-electron chi connectivity index (χ0n) is 9.89.